The summed E-state index contributed by atoms with van der Waals surface area (Å²) in [4.78, 5) is 0. The Labute approximate surface area is 245 Å². The maximum atomic E-state index is 12.8. The summed E-state index contributed by atoms with van der Waals surface area (Å²) in [5, 5.41) is 12.9. The SMILES string of the molecule is C[C@@H](CO[Si](c1ccccc1)(c1ccccc1)C(C)(C)C)C1([C@@H](C)[C@@H](O)COS(=O)(=O)C(F)(F)F)SCCCS1. The number of alkyl halides is 3. The molecule has 2 aromatic carbocycles. The van der Waals surface area contributed by atoms with Gasteiger partial charge in [-0.3, -0.25) is 4.18 Å². The fourth-order valence-corrected chi connectivity index (χ4v) is 14.2. The van der Waals surface area contributed by atoms with Gasteiger partial charge in [0.2, 0.25) is 0 Å². The first kappa shape index (κ1) is 33.5. The number of hydrogen-bond acceptors (Lipinski definition) is 7. The quantitative estimate of drug-likeness (QED) is 0.195. The van der Waals surface area contributed by atoms with Crippen molar-refractivity contribution in [2.45, 2.75) is 61.8 Å². The van der Waals surface area contributed by atoms with Crippen molar-refractivity contribution in [2.24, 2.45) is 11.8 Å². The summed E-state index contributed by atoms with van der Waals surface area (Å²) in [5.74, 6) is 0.919. The summed E-state index contributed by atoms with van der Waals surface area (Å²) in [7, 11) is -8.64. The van der Waals surface area contributed by atoms with Crippen molar-refractivity contribution in [3.8, 4) is 0 Å². The summed E-state index contributed by atoms with van der Waals surface area (Å²) in [6.45, 7) is 9.75. The minimum atomic E-state index is -5.80. The Hall–Kier alpha value is -1.02. The van der Waals surface area contributed by atoms with Crippen LogP contribution in [0, 0.1) is 11.8 Å². The smallest absolute Gasteiger partial charge is 0.407 e. The zero-order valence-corrected chi connectivity index (χ0v) is 26.9. The highest BCUT2D eigenvalue weighted by Crippen LogP contribution is 2.54. The van der Waals surface area contributed by atoms with Crippen LogP contribution in [0.3, 0.4) is 0 Å². The second-order valence-electron chi connectivity index (χ2n) is 11.2. The molecular weight excluding hydrogens is 598 g/mol. The van der Waals surface area contributed by atoms with E-state index < -0.39 is 46.7 Å². The molecule has 0 amide bonds. The van der Waals surface area contributed by atoms with E-state index >= 15 is 0 Å². The van der Waals surface area contributed by atoms with Crippen molar-refractivity contribution in [1.29, 1.82) is 0 Å². The average molecular weight is 637 g/mol. The van der Waals surface area contributed by atoms with Gasteiger partial charge in [-0.15, -0.1) is 23.5 Å². The lowest BCUT2D eigenvalue weighted by atomic mass is 9.92. The van der Waals surface area contributed by atoms with Gasteiger partial charge in [0, 0.05) is 18.4 Å². The van der Waals surface area contributed by atoms with Crippen LogP contribution in [0.1, 0.15) is 41.0 Å². The second kappa shape index (κ2) is 13.1. The van der Waals surface area contributed by atoms with E-state index in [0.29, 0.717) is 6.61 Å². The van der Waals surface area contributed by atoms with Crippen LogP contribution in [0.4, 0.5) is 13.2 Å². The minimum absolute atomic E-state index is 0.131. The molecule has 3 atom stereocenters. The van der Waals surface area contributed by atoms with Crippen molar-refractivity contribution < 1.29 is 35.3 Å². The van der Waals surface area contributed by atoms with Crippen molar-refractivity contribution in [1.82, 2.24) is 0 Å². The van der Waals surface area contributed by atoms with Gasteiger partial charge in [0.1, 0.15) is 0 Å². The summed E-state index contributed by atoms with van der Waals surface area (Å²) in [6.07, 6.45) is -0.466. The Morgan fingerprint density at radius 2 is 1.40 bits per heavy atom. The molecule has 1 fully saturated rings. The van der Waals surface area contributed by atoms with Crippen molar-refractivity contribution >= 4 is 52.3 Å². The van der Waals surface area contributed by atoms with Crippen molar-refractivity contribution in [3.05, 3.63) is 60.7 Å². The van der Waals surface area contributed by atoms with Gasteiger partial charge >= 0.3 is 15.6 Å². The summed E-state index contributed by atoms with van der Waals surface area (Å²) in [6, 6.07) is 20.5. The molecule has 0 bridgehead atoms. The van der Waals surface area contributed by atoms with Gasteiger partial charge in [-0.1, -0.05) is 95.3 Å². The first-order valence-corrected chi connectivity index (χ1v) is 18.5. The summed E-state index contributed by atoms with van der Waals surface area (Å²) >= 11 is 3.31. The maximum Gasteiger partial charge on any atom is 0.523 e. The van der Waals surface area contributed by atoms with Gasteiger partial charge in [0.25, 0.3) is 8.32 Å². The standard InChI is InChI=1S/C28H39F3O5S3Si/c1-21(27(37-17-12-18-38-27)22(2)25(32)20-35-39(33,34)28(29,30)31)19-36-40(26(3,4)5,23-13-8-6-9-14-23)24-15-10-7-11-16-24/h6-11,13-16,21-22,25,32H,12,17-20H2,1-5H3/t21-,22-,25-/m0/s1. The molecule has 1 saturated heterocycles. The van der Waals surface area contributed by atoms with Gasteiger partial charge in [-0.2, -0.15) is 21.6 Å². The number of benzene rings is 2. The first-order valence-electron chi connectivity index (χ1n) is 13.2. The number of aliphatic hydroxyl groups is 1. The largest absolute Gasteiger partial charge is 0.523 e. The number of hydrogen-bond donors (Lipinski definition) is 1. The highest BCUT2D eigenvalue weighted by atomic mass is 32.2. The molecule has 224 valence electrons. The van der Waals surface area contributed by atoms with Crippen LogP contribution in [0.25, 0.3) is 0 Å². The predicted octanol–water partition coefficient (Wildman–Crippen LogP) is 5.63. The number of halogens is 3. The van der Waals surface area contributed by atoms with E-state index in [1.54, 1.807) is 30.4 Å². The fraction of sp³-hybridized carbons (Fsp3) is 0.571. The third-order valence-electron chi connectivity index (χ3n) is 7.49. The van der Waals surface area contributed by atoms with Crippen LogP contribution in [0.2, 0.25) is 5.04 Å². The molecule has 0 saturated carbocycles. The molecule has 0 spiro atoms. The highest BCUT2D eigenvalue weighted by Gasteiger charge is 2.53. The van der Waals surface area contributed by atoms with E-state index in [9.17, 15) is 26.7 Å². The van der Waals surface area contributed by atoms with Crippen LogP contribution >= 0.6 is 23.5 Å². The summed E-state index contributed by atoms with van der Waals surface area (Å²) in [5.41, 5.74) is -5.54. The van der Waals surface area contributed by atoms with Gasteiger partial charge in [0.15, 0.2) is 0 Å². The van der Waals surface area contributed by atoms with E-state index in [4.69, 9.17) is 4.43 Å². The molecule has 0 aromatic heterocycles. The van der Waals surface area contributed by atoms with Gasteiger partial charge in [-0.25, -0.2) is 0 Å². The van der Waals surface area contributed by atoms with Crippen LogP contribution in [0.15, 0.2) is 60.7 Å². The molecule has 1 N–H and O–H groups in total. The molecule has 1 heterocycles. The number of aliphatic hydroxyl groups excluding tert-OH is 1. The molecule has 1 aliphatic heterocycles. The Balaban J connectivity index is 1.93. The third-order valence-corrected chi connectivity index (χ3v) is 17.6. The highest BCUT2D eigenvalue weighted by molar-refractivity contribution is 8.18. The molecule has 2 aromatic rings. The Morgan fingerprint density at radius 3 is 1.82 bits per heavy atom. The fourth-order valence-electron chi connectivity index (χ4n) is 5.33. The number of rotatable bonds is 11. The molecule has 0 aliphatic carbocycles. The van der Waals surface area contributed by atoms with Crippen molar-refractivity contribution in [2.75, 3.05) is 24.7 Å². The lowest BCUT2D eigenvalue weighted by Gasteiger charge is -2.49. The van der Waals surface area contributed by atoms with Gasteiger partial charge in [0.05, 0.1) is 16.8 Å². The molecule has 12 heteroatoms. The lowest BCUT2D eigenvalue weighted by molar-refractivity contribution is -0.0578. The first-order chi connectivity index (χ1) is 18.6. The molecule has 3 rings (SSSR count). The van der Waals surface area contributed by atoms with Crippen LogP contribution in [0.5, 0.6) is 0 Å². The maximum absolute atomic E-state index is 12.8. The van der Waals surface area contributed by atoms with E-state index in [-0.39, 0.29) is 11.0 Å². The number of thioether (sulfide) groups is 2. The minimum Gasteiger partial charge on any atom is -0.407 e. The Kier molecular flexibility index (Phi) is 11.0. The van der Waals surface area contributed by atoms with Crippen LogP contribution in [-0.2, 0) is 18.7 Å². The normalized spacial score (nSPS) is 19.1. The predicted molar refractivity (Wildman–Crippen MR) is 161 cm³/mol. The molecular formula is C28H39F3O5S3Si. The summed E-state index contributed by atoms with van der Waals surface area (Å²) < 4.78 is 72.1. The van der Waals surface area contributed by atoms with Crippen molar-refractivity contribution in [3.63, 3.8) is 0 Å². The second-order valence-corrected chi connectivity index (χ2v) is 20.1. The van der Waals surface area contributed by atoms with Crippen LogP contribution < -0.4 is 10.4 Å². The zero-order valence-electron chi connectivity index (χ0n) is 23.5. The molecule has 40 heavy (non-hydrogen) atoms. The van der Waals surface area contributed by atoms with E-state index in [1.807, 2.05) is 43.3 Å². The van der Waals surface area contributed by atoms with E-state index in [1.165, 1.54) is 0 Å². The average Bonchev–Trinajstić information content (AvgIpc) is 2.91. The molecule has 0 unspecified atom stereocenters. The van der Waals surface area contributed by atoms with Gasteiger partial charge in [-0.05, 0) is 33.3 Å². The monoisotopic (exact) mass is 636 g/mol. The lowest BCUT2D eigenvalue weighted by Crippen LogP contribution is -2.67. The van der Waals surface area contributed by atoms with E-state index in [2.05, 4.69) is 49.2 Å². The Morgan fingerprint density at radius 1 is 0.925 bits per heavy atom. The third kappa shape index (κ3) is 6.95. The molecule has 0 radical (unpaired) electrons. The topological polar surface area (TPSA) is 72.8 Å². The van der Waals surface area contributed by atoms with E-state index in [0.717, 1.165) is 28.3 Å². The molecule has 5 nitrogen and oxygen atoms in total. The zero-order chi connectivity index (χ0) is 29.8. The van der Waals surface area contributed by atoms with Crippen LogP contribution in [-0.4, -0.2) is 62.3 Å². The Bertz CT molecular complexity index is 1150. The van der Waals surface area contributed by atoms with Gasteiger partial charge < -0.3 is 9.53 Å². The molecule has 1 aliphatic rings.